The van der Waals surface area contributed by atoms with E-state index in [1.807, 2.05) is 78.9 Å². The summed E-state index contributed by atoms with van der Waals surface area (Å²) in [5.74, 6) is 2.51. The molecular formula is C36H21O3P. The first-order valence-corrected chi connectivity index (χ1v) is 15.1. The second kappa shape index (κ2) is 7.85. The van der Waals surface area contributed by atoms with E-state index in [2.05, 4.69) is 48.5 Å². The standard InChI is InChI=1S/C36H21O3P/c37-40-32-17-15-23-8-3-5-11-28(23)34(32)38-30-20-27(26-14-13-22-7-1-2-10-25(22)19-26)21-31(36(30)40)39-35-29-12-6-4-9-24(29)16-18-33(35)40/h1-21H. The number of benzene rings is 7. The van der Waals surface area contributed by atoms with Gasteiger partial charge in [0.25, 0.3) is 0 Å². The highest BCUT2D eigenvalue weighted by atomic mass is 31.2. The van der Waals surface area contributed by atoms with Crippen LogP contribution in [0.2, 0.25) is 0 Å². The summed E-state index contributed by atoms with van der Waals surface area (Å²) in [6.07, 6.45) is 0. The van der Waals surface area contributed by atoms with Crippen LogP contribution in [0.25, 0.3) is 43.4 Å². The van der Waals surface area contributed by atoms with Gasteiger partial charge in [-0.15, -0.1) is 0 Å². The van der Waals surface area contributed by atoms with Crippen molar-refractivity contribution in [2.45, 2.75) is 0 Å². The third-order valence-electron chi connectivity index (χ3n) is 8.26. The summed E-state index contributed by atoms with van der Waals surface area (Å²) in [5, 5.41) is 8.43. The molecule has 188 valence electrons. The van der Waals surface area contributed by atoms with Crippen molar-refractivity contribution in [3.05, 3.63) is 127 Å². The first kappa shape index (κ1) is 22.0. The molecule has 9 rings (SSSR count). The predicted octanol–water partition coefficient (Wildman–Crippen LogP) is 8.66. The molecule has 0 spiro atoms. The van der Waals surface area contributed by atoms with Gasteiger partial charge in [0.1, 0.15) is 28.3 Å². The maximum absolute atomic E-state index is 15.7. The van der Waals surface area contributed by atoms with Gasteiger partial charge in [-0.05, 0) is 63.0 Å². The van der Waals surface area contributed by atoms with Crippen LogP contribution in [-0.2, 0) is 4.57 Å². The number of rotatable bonds is 1. The average molecular weight is 533 g/mol. The Morgan fingerprint density at radius 3 is 1.55 bits per heavy atom. The Hall–Kier alpha value is -4.85. The van der Waals surface area contributed by atoms with Crippen LogP contribution in [0.3, 0.4) is 0 Å². The zero-order chi connectivity index (χ0) is 26.4. The lowest BCUT2D eigenvalue weighted by Crippen LogP contribution is -2.35. The van der Waals surface area contributed by atoms with Crippen LogP contribution in [0.15, 0.2) is 127 Å². The van der Waals surface area contributed by atoms with Crippen molar-refractivity contribution in [1.29, 1.82) is 0 Å². The Kier molecular flexibility index (Phi) is 4.32. The van der Waals surface area contributed by atoms with Crippen molar-refractivity contribution in [1.82, 2.24) is 0 Å². The van der Waals surface area contributed by atoms with Gasteiger partial charge in [-0.1, -0.05) is 97.1 Å². The Bertz CT molecular complexity index is 2150. The summed E-state index contributed by atoms with van der Waals surface area (Å²) in [7, 11) is -3.32. The minimum absolute atomic E-state index is 0.589. The normalized spacial score (nSPS) is 14.2. The molecular weight excluding hydrogens is 511 g/mol. The van der Waals surface area contributed by atoms with Crippen molar-refractivity contribution in [3.63, 3.8) is 0 Å². The predicted molar refractivity (Wildman–Crippen MR) is 164 cm³/mol. The van der Waals surface area contributed by atoms with Crippen LogP contribution in [0.4, 0.5) is 0 Å². The minimum atomic E-state index is -3.32. The van der Waals surface area contributed by atoms with Crippen LogP contribution < -0.4 is 25.4 Å². The second-order valence-electron chi connectivity index (χ2n) is 10.5. The molecule has 0 fully saturated rings. The van der Waals surface area contributed by atoms with Gasteiger partial charge in [-0.25, -0.2) is 0 Å². The number of hydrogen-bond acceptors (Lipinski definition) is 3. The molecule has 0 saturated heterocycles. The third kappa shape index (κ3) is 2.88. The smallest absolute Gasteiger partial charge is 0.185 e. The summed E-state index contributed by atoms with van der Waals surface area (Å²) in [4.78, 5) is 0. The Morgan fingerprint density at radius 1 is 0.450 bits per heavy atom. The first-order valence-electron chi connectivity index (χ1n) is 13.4. The molecule has 0 unspecified atom stereocenters. The molecule has 7 aromatic carbocycles. The molecule has 0 N–H and O–H groups in total. The second-order valence-corrected chi connectivity index (χ2v) is 13.1. The van der Waals surface area contributed by atoms with Crippen LogP contribution in [0.5, 0.6) is 23.0 Å². The van der Waals surface area contributed by atoms with E-state index in [-0.39, 0.29) is 0 Å². The van der Waals surface area contributed by atoms with Gasteiger partial charge in [-0.2, -0.15) is 0 Å². The zero-order valence-corrected chi connectivity index (χ0v) is 22.2. The highest BCUT2D eigenvalue weighted by Gasteiger charge is 2.47. The van der Waals surface area contributed by atoms with E-state index in [0.717, 1.165) is 48.7 Å². The van der Waals surface area contributed by atoms with Crippen molar-refractivity contribution in [2.24, 2.45) is 0 Å². The average Bonchev–Trinajstić information content (AvgIpc) is 3.00. The van der Waals surface area contributed by atoms with Crippen molar-refractivity contribution in [3.8, 4) is 34.1 Å². The van der Waals surface area contributed by atoms with E-state index in [1.165, 1.54) is 5.39 Å². The van der Waals surface area contributed by atoms with Gasteiger partial charge in [0.15, 0.2) is 7.14 Å². The Balaban J connectivity index is 1.38. The van der Waals surface area contributed by atoms with Gasteiger partial charge >= 0.3 is 0 Å². The molecule has 7 aromatic rings. The largest absolute Gasteiger partial charge is 0.455 e. The van der Waals surface area contributed by atoms with Gasteiger partial charge in [-0.3, -0.25) is 0 Å². The fourth-order valence-corrected chi connectivity index (χ4v) is 9.40. The summed E-state index contributed by atoms with van der Waals surface area (Å²) in [6, 6.07) is 43.1. The molecule has 0 bridgehead atoms. The fraction of sp³-hybridized carbons (Fsp3) is 0. The number of fused-ring (bicyclic) bond motifs is 9. The Labute approximate surface area is 230 Å². The van der Waals surface area contributed by atoms with Gasteiger partial charge in [0, 0.05) is 10.8 Å². The van der Waals surface area contributed by atoms with Crippen molar-refractivity contribution >= 4 is 55.4 Å². The fourth-order valence-electron chi connectivity index (χ4n) is 6.35. The lowest BCUT2D eigenvalue weighted by Gasteiger charge is -2.35. The van der Waals surface area contributed by atoms with E-state index in [0.29, 0.717) is 28.3 Å². The van der Waals surface area contributed by atoms with Crippen LogP contribution in [-0.4, -0.2) is 0 Å². The molecule has 0 saturated carbocycles. The van der Waals surface area contributed by atoms with E-state index >= 15 is 4.57 Å². The lowest BCUT2D eigenvalue weighted by atomic mass is 10.0. The van der Waals surface area contributed by atoms with Crippen molar-refractivity contribution < 1.29 is 14.0 Å². The molecule has 0 radical (unpaired) electrons. The topological polar surface area (TPSA) is 35.5 Å². The molecule has 0 aromatic heterocycles. The lowest BCUT2D eigenvalue weighted by molar-refractivity contribution is 0.467. The maximum Gasteiger partial charge on any atom is 0.185 e. The maximum atomic E-state index is 15.7. The summed E-state index contributed by atoms with van der Waals surface area (Å²) in [6.45, 7) is 0. The minimum Gasteiger partial charge on any atom is -0.455 e. The zero-order valence-electron chi connectivity index (χ0n) is 21.3. The molecule has 40 heavy (non-hydrogen) atoms. The number of hydrogen-bond donors (Lipinski definition) is 0. The quantitative estimate of drug-likeness (QED) is 0.199. The molecule has 4 heteroatoms. The van der Waals surface area contributed by atoms with Gasteiger partial charge < -0.3 is 14.0 Å². The van der Waals surface area contributed by atoms with E-state index in [4.69, 9.17) is 9.47 Å². The van der Waals surface area contributed by atoms with E-state index in [9.17, 15) is 0 Å². The van der Waals surface area contributed by atoms with E-state index in [1.54, 1.807) is 0 Å². The molecule has 0 atom stereocenters. The molecule has 2 aliphatic rings. The van der Waals surface area contributed by atoms with Crippen LogP contribution in [0, 0.1) is 0 Å². The highest BCUT2D eigenvalue weighted by molar-refractivity contribution is 7.86. The first-order chi connectivity index (χ1) is 19.7. The van der Waals surface area contributed by atoms with Gasteiger partial charge in [0.05, 0.1) is 10.6 Å². The Morgan fingerprint density at radius 2 is 0.950 bits per heavy atom. The monoisotopic (exact) mass is 532 g/mol. The van der Waals surface area contributed by atoms with Crippen LogP contribution >= 0.6 is 7.14 Å². The van der Waals surface area contributed by atoms with Crippen molar-refractivity contribution in [2.75, 3.05) is 0 Å². The molecule has 3 nitrogen and oxygen atoms in total. The molecule has 0 amide bonds. The molecule has 0 aliphatic carbocycles. The molecule has 2 heterocycles. The molecule has 2 aliphatic heterocycles. The summed E-state index contributed by atoms with van der Waals surface area (Å²) in [5.41, 5.74) is 2.01. The third-order valence-corrected chi connectivity index (χ3v) is 11.4. The van der Waals surface area contributed by atoms with Crippen LogP contribution in [0.1, 0.15) is 0 Å². The van der Waals surface area contributed by atoms with Gasteiger partial charge in [0.2, 0.25) is 0 Å². The summed E-state index contributed by atoms with van der Waals surface area (Å²) < 4.78 is 29.1. The summed E-state index contributed by atoms with van der Waals surface area (Å²) >= 11 is 0. The number of ether oxygens (including phenoxy) is 2. The highest BCUT2D eigenvalue weighted by Crippen LogP contribution is 2.60. The van der Waals surface area contributed by atoms with E-state index < -0.39 is 7.14 Å². The SMILES string of the molecule is O=P12c3ccc4ccccc4c3Oc3cc(-c4ccc5ccccc5c4)cc(c31)Oc1c2ccc2ccccc12.